The van der Waals surface area contributed by atoms with Crippen LogP contribution in [0.1, 0.15) is 22.5 Å². The molecule has 1 aliphatic heterocycles. The van der Waals surface area contributed by atoms with E-state index in [0.717, 1.165) is 12.1 Å². The summed E-state index contributed by atoms with van der Waals surface area (Å²) in [4.78, 5) is 13.4. The minimum absolute atomic E-state index is 0.00280. The van der Waals surface area contributed by atoms with Crippen LogP contribution in [0.4, 0.5) is 23.2 Å². The number of hydrogen-bond donors (Lipinski definition) is 1. The highest BCUT2D eigenvalue weighted by Crippen LogP contribution is 2.33. The summed E-state index contributed by atoms with van der Waals surface area (Å²) >= 11 is 6.04. The zero-order chi connectivity index (χ0) is 20.8. The van der Waals surface area contributed by atoms with E-state index in [-0.39, 0.29) is 23.7 Å². The van der Waals surface area contributed by atoms with Crippen LogP contribution in [0.5, 0.6) is 0 Å². The molecule has 12 heteroatoms. The molecule has 4 rings (SSSR count). The number of fused-ring (bicyclic) bond motifs is 1. The Morgan fingerprint density at radius 2 is 2.07 bits per heavy atom. The number of benzene rings is 1. The van der Waals surface area contributed by atoms with Gasteiger partial charge in [-0.1, -0.05) is 22.9 Å². The Morgan fingerprint density at radius 1 is 1.28 bits per heavy atom. The zero-order valence-electron chi connectivity index (χ0n) is 14.7. The first-order chi connectivity index (χ1) is 13.7. The molecule has 1 aliphatic rings. The van der Waals surface area contributed by atoms with Gasteiger partial charge in [-0.05, 0) is 17.7 Å². The molecule has 0 saturated heterocycles. The number of halogens is 5. The minimum atomic E-state index is -4.68. The van der Waals surface area contributed by atoms with E-state index < -0.39 is 23.1 Å². The Labute approximate surface area is 165 Å². The molecule has 0 radical (unpaired) electrons. The summed E-state index contributed by atoms with van der Waals surface area (Å²) in [5.74, 6) is -0.958. The average molecular weight is 429 g/mol. The van der Waals surface area contributed by atoms with Crippen molar-refractivity contribution in [3.8, 4) is 0 Å². The number of anilines is 1. The van der Waals surface area contributed by atoms with Crippen LogP contribution in [0.25, 0.3) is 0 Å². The molecule has 0 spiro atoms. The van der Waals surface area contributed by atoms with Crippen molar-refractivity contribution in [1.82, 2.24) is 25.2 Å². The SMILES string of the molecule is O=c1[nH]ncc(N2CCc3c(nnn3Cc3ccc(F)cc3C(F)(F)F)C2)c1Cl. The fourth-order valence-electron chi connectivity index (χ4n) is 3.30. The van der Waals surface area contributed by atoms with Crippen molar-refractivity contribution in [3.63, 3.8) is 0 Å². The number of aromatic nitrogens is 5. The normalized spacial score (nSPS) is 14.2. The molecule has 1 N–H and O–H groups in total. The summed E-state index contributed by atoms with van der Waals surface area (Å²) in [6.07, 6.45) is -2.83. The van der Waals surface area contributed by atoms with Gasteiger partial charge in [-0.2, -0.15) is 18.3 Å². The van der Waals surface area contributed by atoms with Crippen LogP contribution < -0.4 is 10.5 Å². The van der Waals surface area contributed by atoms with E-state index in [1.807, 2.05) is 0 Å². The van der Waals surface area contributed by atoms with E-state index in [0.29, 0.717) is 36.1 Å². The van der Waals surface area contributed by atoms with Gasteiger partial charge in [-0.15, -0.1) is 5.10 Å². The van der Waals surface area contributed by atoms with Gasteiger partial charge < -0.3 is 4.90 Å². The average Bonchev–Trinajstić information content (AvgIpc) is 3.06. The largest absolute Gasteiger partial charge is 0.416 e. The van der Waals surface area contributed by atoms with Crippen molar-refractivity contribution in [2.75, 3.05) is 11.4 Å². The Balaban J connectivity index is 1.62. The van der Waals surface area contributed by atoms with Crippen molar-refractivity contribution < 1.29 is 17.6 Å². The molecule has 3 heterocycles. The van der Waals surface area contributed by atoms with Crippen LogP contribution in [0.15, 0.2) is 29.2 Å². The van der Waals surface area contributed by atoms with Crippen LogP contribution in [0.3, 0.4) is 0 Å². The Kier molecular flexibility index (Phi) is 4.77. The quantitative estimate of drug-likeness (QED) is 0.649. The maximum Gasteiger partial charge on any atom is 0.416 e. The third kappa shape index (κ3) is 3.69. The lowest BCUT2D eigenvalue weighted by atomic mass is 10.1. The molecular formula is C17H13ClF4N6O. The predicted molar refractivity (Wildman–Crippen MR) is 95.1 cm³/mol. The molecule has 29 heavy (non-hydrogen) atoms. The molecule has 0 bridgehead atoms. The molecule has 3 aromatic rings. The second-order valence-electron chi connectivity index (χ2n) is 6.51. The van der Waals surface area contributed by atoms with Crippen molar-refractivity contribution in [2.24, 2.45) is 0 Å². The van der Waals surface area contributed by atoms with Gasteiger partial charge in [0.05, 0.1) is 36.2 Å². The number of H-pyrrole nitrogens is 1. The lowest BCUT2D eigenvalue weighted by Crippen LogP contribution is -2.32. The molecule has 1 aromatic carbocycles. The molecule has 0 atom stereocenters. The van der Waals surface area contributed by atoms with E-state index in [1.54, 1.807) is 4.90 Å². The molecular weight excluding hydrogens is 416 g/mol. The zero-order valence-corrected chi connectivity index (χ0v) is 15.4. The Morgan fingerprint density at radius 3 is 2.83 bits per heavy atom. The Bertz CT molecular complexity index is 1130. The van der Waals surface area contributed by atoms with Crippen LogP contribution >= 0.6 is 11.6 Å². The van der Waals surface area contributed by atoms with Gasteiger partial charge in [0, 0.05) is 13.0 Å². The van der Waals surface area contributed by atoms with Gasteiger partial charge in [0.1, 0.15) is 16.5 Å². The summed E-state index contributed by atoms with van der Waals surface area (Å²) in [6, 6.07) is 2.56. The van der Waals surface area contributed by atoms with Crippen LogP contribution in [-0.4, -0.2) is 31.7 Å². The number of nitrogens with zero attached hydrogens (tertiary/aromatic N) is 5. The van der Waals surface area contributed by atoms with Gasteiger partial charge in [0.15, 0.2) is 0 Å². The molecule has 152 valence electrons. The van der Waals surface area contributed by atoms with Gasteiger partial charge in [-0.3, -0.25) is 4.79 Å². The maximum absolute atomic E-state index is 13.3. The molecule has 0 unspecified atom stereocenters. The first kappa shape index (κ1) is 19.4. The second-order valence-corrected chi connectivity index (χ2v) is 6.89. The van der Waals surface area contributed by atoms with Gasteiger partial charge in [-0.25, -0.2) is 14.2 Å². The first-order valence-electron chi connectivity index (χ1n) is 8.49. The van der Waals surface area contributed by atoms with E-state index in [1.165, 1.54) is 10.9 Å². The van der Waals surface area contributed by atoms with Crippen molar-refractivity contribution in [1.29, 1.82) is 0 Å². The van der Waals surface area contributed by atoms with E-state index in [9.17, 15) is 22.4 Å². The summed E-state index contributed by atoms with van der Waals surface area (Å²) < 4.78 is 54.4. The topological polar surface area (TPSA) is 79.7 Å². The fraction of sp³-hybridized carbons (Fsp3) is 0.294. The number of rotatable bonds is 3. The highest BCUT2D eigenvalue weighted by Gasteiger charge is 2.34. The number of hydrogen-bond acceptors (Lipinski definition) is 5. The summed E-state index contributed by atoms with van der Waals surface area (Å²) in [5.41, 5.74) is 0.00965. The number of alkyl halides is 3. The summed E-state index contributed by atoms with van der Waals surface area (Å²) in [6.45, 7) is 0.529. The molecule has 0 aliphatic carbocycles. The van der Waals surface area contributed by atoms with Gasteiger partial charge in [0.25, 0.3) is 5.56 Å². The molecule has 7 nitrogen and oxygen atoms in total. The minimum Gasteiger partial charge on any atom is -0.362 e. The Hall–Kier alpha value is -2.95. The van der Waals surface area contributed by atoms with Crippen molar-refractivity contribution in [2.45, 2.75) is 25.7 Å². The fourth-order valence-corrected chi connectivity index (χ4v) is 3.52. The molecule has 0 saturated carbocycles. The lowest BCUT2D eigenvalue weighted by molar-refractivity contribution is -0.138. The van der Waals surface area contributed by atoms with Crippen molar-refractivity contribution >= 4 is 17.3 Å². The summed E-state index contributed by atoms with van der Waals surface area (Å²) in [5, 5.41) is 14.0. The molecule has 0 fully saturated rings. The standard InChI is InChI=1S/C17H13ClF4N6O/c18-15-14(6-23-25-16(15)29)27-4-3-13-12(8-27)24-26-28(13)7-9-1-2-10(19)5-11(9)17(20,21)22/h1-2,5-6H,3-4,7-8H2,(H,25,29). The number of nitrogens with one attached hydrogen (secondary N) is 1. The summed E-state index contributed by atoms with van der Waals surface area (Å²) in [7, 11) is 0. The number of aromatic amines is 1. The third-order valence-corrected chi connectivity index (χ3v) is 5.06. The molecule has 0 amide bonds. The van der Waals surface area contributed by atoms with E-state index in [2.05, 4.69) is 20.5 Å². The van der Waals surface area contributed by atoms with Gasteiger partial charge in [0.2, 0.25) is 0 Å². The van der Waals surface area contributed by atoms with Crippen LogP contribution in [0.2, 0.25) is 5.02 Å². The monoisotopic (exact) mass is 428 g/mol. The first-order valence-corrected chi connectivity index (χ1v) is 8.87. The predicted octanol–water partition coefficient (Wildman–Crippen LogP) is 2.78. The lowest BCUT2D eigenvalue weighted by Gasteiger charge is -2.28. The third-order valence-electron chi connectivity index (χ3n) is 4.69. The smallest absolute Gasteiger partial charge is 0.362 e. The van der Waals surface area contributed by atoms with Crippen LogP contribution in [0, 0.1) is 5.82 Å². The molecule has 2 aromatic heterocycles. The van der Waals surface area contributed by atoms with Gasteiger partial charge >= 0.3 is 6.18 Å². The maximum atomic E-state index is 13.3. The van der Waals surface area contributed by atoms with Crippen LogP contribution in [-0.2, 0) is 25.7 Å². The highest BCUT2D eigenvalue weighted by molar-refractivity contribution is 6.32. The van der Waals surface area contributed by atoms with Crippen molar-refractivity contribution in [3.05, 3.63) is 68.1 Å². The highest BCUT2D eigenvalue weighted by atomic mass is 35.5. The van der Waals surface area contributed by atoms with E-state index in [4.69, 9.17) is 11.6 Å². The van der Waals surface area contributed by atoms with E-state index >= 15 is 0 Å². The second kappa shape index (κ2) is 7.14.